The van der Waals surface area contributed by atoms with Crippen molar-refractivity contribution in [2.24, 2.45) is 29.6 Å². The Bertz CT molecular complexity index is 779. The lowest BCUT2D eigenvalue weighted by Crippen LogP contribution is -2.25. The third kappa shape index (κ3) is 6.64. The van der Waals surface area contributed by atoms with Gasteiger partial charge in [0, 0.05) is 0 Å². The van der Waals surface area contributed by atoms with E-state index in [1.807, 2.05) is 0 Å². The van der Waals surface area contributed by atoms with Gasteiger partial charge < -0.3 is 4.74 Å². The zero-order valence-electron chi connectivity index (χ0n) is 21.5. The van der Waals surface area contributed by atoms with Crippen molar-refractivity contribution in [3.05, 3.63) is 41.5 Å². The summed E-state index contributed by atoms with van der Waals surface area (Å²) in [6.07, 6.45) is 23.1. The molecule has 0 atom stereocenters. The summed E-state index contributed by atoms with van der Waals surface area (Å²) in [7, 11) is 0. The molecule has 0 aromatic heterocycles. The van der Waals surface area contributed by atoms with Crippen molar-refractivity contribution < 1.29 is 13.5 Å². The van der Waals surface area contributed by atoms with Gasteiger partial charge >= 0.3 is 0 Å². The third-order valence-electron chi connectivity index (χ3n) is 9.36. The molecule has 3 saturated carbocycles. The molecule has 3 heteroatoms. The Hall–Kier alpha value is -1.38. The molecule has 1 aromatic carbocycles. The number of halogens is 2. The van der Waals surface area contributed by atoms with Crippen molar-refractivity contribution in [2.75, 3.05) is 6.61 Å². The van der Waals surface area contributed by atoms with Crippen LogP contribution in [-0.2, 0) is 0 Å². The molecular formula is C31H46F2O. The van der Waals surface area contributed by atoms with Crippen molar-refractivity contribution in [3.8, 4) is 5.75 Å². The highest BCUT2D eigenvalue weighted by molar-refractivity contribution is 5.33. The summed E-state index contributed by atoms with van der Waals surface area (Å²) >= 11 is 0. The van der Waals surface area contributed by atoms with Crippen LogP contribution in [0, 0.1) is 41.2 Å². The van der Waals surface area contributed by atoms with Crippen LogP contribution in [0.1, 0.15) is 115 Å². The van der Waals surface area contributed by atoms with Gasteiger partial charge in [-0.2, -0.15) is 4.39 Å². The second-order valence-corrected chi connectivity index (χ2v) is 11.6. The topological polar surface area (TPSA) is 9.23 Å². The van der Waals surface area contributed by atoms with Gasteiger partial charge in [-0.15, -0.1) is 0 Å². The van der Waals surface area contributed by atoms with Gasteiger partial charge in [0.05, 0.1) is 6.61 Å². The van der Waals surface area contributed by atoms with E-state index in [0.29, 0.717) is 12.2 Å². The summed E-state index contributed by atoms with van der Waals surface area (Å²) in [5.41, 5.74) is 0.555. The summed E-state index contributed by atoms with van der Waals surface area (Å²) in [5.74, 6) is 2.99. The number of rotatable bonds is 8. The van der Waals surface area contributed by atoms with E-state index < -0.39 is 11.6 Å². The molecule has 0 unspecified atom stereocenters. The first-order chi connectivity index (χ1) is 16.5. The van der Waals surface area contributed by atoms with Crippen molar-refractivity contribution in [1.29, 1.82) is 0 Å². The molecule has 1 nitrogen and oxygen atoms in total. The SMILES string of the molecule is CCOc1ccc(C2CCC(C3CCC(CC/C=C/C4CCC(C)CC4)CC3)CC2)c(F)c1F. The van der Waals surface area contributed by atoms with E-state index in [2.05, 4.69) is 19.1 Å². The van der Waals surface area contributed by atoms with Crippen molar-refractivity contribution in [2.45, 2.75) is 110 Å². The lowest BCUT2D eigenvalue weighted by atomic mass is 9.68. The van der Waals surface area contributed by atoms with Crippen LogP contribution in [-0.4, -0.2) is 6.61 Å². The molecule has 3 aliphatic rings. The number of hydrogen-bond donors (Lipinski definition) is 0. The van der Waals surface area contributed by atoms with E-state index in [1.54, 1.807) is 19.1 Å². The van der Waals surface area contributed by atoms with E-state index in [9.17, 15) is 8.78 Å². The molecule has 3 aliphatic carbocycles. The molecule has 0 radical (unpaired) electrons. The van der Waals surface area contributed by atoms with Crippen LogP contribution in [0.3, 0.4) is 0 Å². The van der Waals surface area contributed by atoms with Crippen molar-refractivity contribution in [3.63, 3.8) is 0 Å². The zero-order valence-corrected chi connectivity index (χ0v) is 21.5. The minimum atomic E-state index is -0.817. The minimum absolute atomic E-state index is 0.0355. The predicted molar refractivity (Wildman–Crippen MR) is 137 cm³/mol. The standard InChI is InChI=1S/C31H46F2O/c1-3-34-29-21-20-28(30(32)31(29)33)27-18-16-26(17-19-27)25-14-12-24(13-15-25)7-5-4-6-23-10-8-22(2)9-11-23/h4,6,20-27H,3,5,7-19H2,1-2H3/b6-4+. The third-order valence-corrected chi connectivity index (χ3v) is 9.36. The molecule has 0 saturated heterocycles. The van der Waals surface area contributed by atoms with Gasteiger partial charge in [-0.3, -0.25) is 0 Å². The maximum Gasteiger partial charge on any atom is 0.200 e. The van der Waals surface area contributed by atoms with E-state index in [4.69, 9.17) is 4.74 Å². The number of ether oxygens (including phenoxy) is 1. The molecule has 0 bridgehead atoms. The van der Waals surface area contributed by atoms with Gasteiger partial charge in [-0.05, 0) is 118 Å². The highest BCUT2D eigenvalue weighted by Crippen LogP contribution is 2.45. The maximum atomic E-state index is 14.7. The first-order valence-electron chi connectivity index (χ1n) is 14.3. The fourth-order valence-corrected chi connectivity index (χ4v) is 7.08. The smallest absolute Gasteiger partial charge is 0.200 e. The Kier molecular flexibility index (Phi) is 9.48. The average molecular weight is 473 g/mol. The van der Waals surface area contributed by atoms with Crippen LogP contribution < -0.4 is 4.74 Å². The van der Waals surface area contributed by atoms with E-state index >= 15 is 0 Å². The normalized spacial score (nSPS) is 32.7. The molecular weight excluding hydrogens is 426 g/mol. The first-order valence-corrected chi connectivity index (χ1v) is 14.3. The van der Waals surface area contributed by atoms with Gasteiger partial charge in [-0.1, -0.05) is 50.8 Å². The Labute approximate surface area is 206 Å². The lowest BCUT2D eigenvalue weighted by molar-refractivity contribution is 0.156. The van der Waals surface area contributed by atoms with Crippen molar-refractivity contribution in [1.82, 2.24) is 0 Å². The minimum Gasteiger partial charge on any atom is -0.491 e. The molecule has 190 valence electrons. The van der Waals surface area contributed by atoms with Crippen LogP contribution in [0.5, 0.6) is 5.75 Å². The van der Waals surface area contributed by atoms with Crippen LogP contribution in [0.25, 0.3) is 0 Å². The van der Waals surface area contributed by atoms with E-state index in [-0.39, 0.29) is 11.7 Å². The molecule has 0 spiro atoms. The fraction of sp³-hybridized carbons (Fsp3) is 0.742. The quantitative estimate of drug-likeness (QED) is 0.342. The Morgan fingerprint density at radius 1 is 0.824 bits per heavy atom. The molecule has 3 fully saturated rings. The molecule has 0 N–H and O–H groups in total. The summed E-state index contributed by atoms with van der Waals surface area (Å²) < 4.78 is 34.2. The highest BCUT2D eigenvalue weighted by Gasteiger charge is 2.32. The second kappa shape index (κ2) is 12.5. The Morgan fingerprint density at radius 2 is 1.47 bits per heavy atom. The summed E-state index contributed by atoms with van der Waals surface area (Å²) in [6, 6.07) is 3.36. The van der Waals surface area contributed by atoms with Gasteiger partial charge in [-0.25, -0.2) is 4.39 Å². The first kappa shape index (κ1) is 25.7. The van der Waals surface area contributed by atoms with Crippen molar-refractivity contribution >= 4 is 0 Å². The molecule has 0 heterocycles. The Morgan fingerprint density at radius 3 is 2.12 bits per heavy atom. The van der Waals surface area contributed by atoms with Gasteiger partial charge in [0.25, 0.3) is 0 Å². The van der Waals surface area contributed by atoms with Crippen LogP contribution in [0.2, 0.25) is 0 Å². The van der Waals surface area contributed by atoms with Gasteiger partial charge in [0.2, 0.25) is 5.82 Å². The second-order valence-electron chi connectivity index (χ2n) is 11.6. The summed E-state index contributed by atoms with van der Waals surface area (Å²) in [4.78, 5) is 0. The van der Waals surface area contributed by atoms with Crippen LogP contribution >= 0.6 is 0 Å². The maximum absolute atomic E-state index is 14.7. The number of allylic oxidation sites excluding steroid dienone is 2. The zero-order chi connectivity index (χ0) is 23.9. The fourth-order valence-electron chi connectivity index (χ4n) is 7.08. The van der Waals surface area contributed by atoms with Crippen LogP contribution in [0.15, 0.2) is 24.3 Å². The largest absolute Gasteiger partial charge is 0.491 e. The molecule has 4 rings (SSSR count). The number of benzene rings is 1. The molecule has 34 heavy (non-hydrogen) atoms. The molecule has 0 amide bonds. The summed E-state index contributed by atoms with van der Waals surface area (Å²) in [6.45, 7) is 4.53. The number of hydrogen-bond acceptors (Lipinski definition) is 1. The highest BCUT2D eigenvalue weighted by atomic mass is 19.2. The van der Waals surface area contributed by atoms with Gasteiger partial charge in [0.15, 0.2) is 11.6 Å². The molecule has 1 aromatic rings. The van der Waals surface area contributed by atoms with E-state index in [1.165, 1.54) is 64.2 Å². The molecule has 0 aliphatic heterocycles. The predicted octanol–water partition coefficient (Wildman–Crippen LogP) is 9.61. The van der Waals surface area contributed by atoms with Gasteiger partial charge in [0.1, 0.15) is 0 Å². The van der Waals surface area contributed by atoms with E-state index in [0.717, 1.165) is 55.3 Å². The van der Waals surface area contributed by atoms with Crippen LogP contribution in [0.4, 0.5) is 8.78 Å². The lowest BCUT2D eigenvalue weighted by Gasteiger charge is -2.38. The monoisotopic (exact) mass is 472 g/mol. The summed E-state index contributed by atoms with van der Waals surface area (Å²) in [5, 5.41) is 0. The Balaban J connectivity index is 1.16. The average Bonchev–Trinajstić information content (AvgIpc) is 2.87.